The van der Waals surface area contributed by atoms with E-state index in [1.165, 1.54) is 5.56 Å². The van der Waals surface area contributed by atoms with Crippen molar-refractivity contribution in [1.82, 2.24) is 14.8 Å². The summed E-state index contributed by atoms with van der Waals surface area (Å²) in [7, 11) is 2.15. The first kappa shape index (κ1) is 31.4. The minimum absolute atomic E-state index is 0.132. The predicted octanol–water partition coefficient (Wildman–Crippen LogP) is 2.09. The molecule has 1 aromatic rings. The number of aromatic nitrogens is 1. The van der Waals surface area contributed by atoms with E-state index >= 15 is 0 Å². The second-order valence-corrected chi connectivity index (χ2v) is 8.42. The van der Waals surface area contributed by atoms with Gasteiger partial charge in [0.25, 0.3) is 0 Å². The van der Waals surface area contributed by atoms with Crippen molar-refractivity contribution in [1.29, 1.82) is 0 Å². The molecule has 3 N–H and O–H groups in total. The van der Waals surface area contributed by atoms with Gasteiger partial charge in [-0.2, -0.15) is 26.3 Å². The summed E-state index contributed by atoms with van der Waals surface area (Å²) >= 11 is 0. The Hall–Kier alpha value is -2.65. The minimum Gasteiger partial charge on any atom is -0.475 e. The Morgan fingerprint density at radius 2 is 1.50 bits per heavy atom. The largest absolute Gasteiger partial charge is 0.490 e. The van der Waals surface area contributed by atoms with Gasteiger partial charge in [0.1, 0.15) is 5.82 Å². The molecular formula is C21H30F6N4O5. The number of aliphatic hydroxyl groups is 1. The Bertz CT molecular complexity index is 823. The summed E-state index contributed by atoms with van der Waals surface area (Å²) in [5.74, 6) is -4.00. The van der Waals surface area contributed by atoms with Gasteiger partial charge in [-0.15, -0.1) is 0 Å². The normalized spacial score (nSPS) is 21.5. The van der Waals surface area contributed by atoms with E-state index < -0.39 is 24.3 Å². The van der Waals surface area contributed by atoms with Gasteiger partial charge in [-0.05, 0) is 32.0 Å². The van der Waals surface area contributed by atoms with Crippen LogP contribution in [-0.4, -0.2) is 113 Å². The summed E-state index contributed by atoms with van der Waals surface area (Å²) < 4.78 is 63.5. The van der Waals surface area contributed by atoms with Crippen molar-refractivity contribution in [2.45, 2.75) is 31.8 Å². The molecule has 0 aliphatic carbocycles. The Morgan fingerprint density at radius 3 is 1.94 bits per heavy atom. The van der Waals surface area contributed by atoms with Crippen LogP contribution in [-0.2, 0) is 9.59 Å². The molecule has 0 spiro atoms. The van der Waals surface area contributed by atoms with E-state index in [0.717, 1.165) is 58.1 Å². The van der Waals surface area contributed by atoms with Crippen molar-refractivity contribution in [3.63, 3.8) is 0 Å². The number of carbonyl (C=O) groups is 2. The van der Waals surface area contributed by atoms with Gasteiger partial charge in [0.05, 0.1) is 6.10 Å². The molecule has 0 radical (unpaired) electrons. The van der Waals surface area contributed by atoms with E-state index in [9.17, 15) is 31.4 Å². The number of aliphatic carboxylic acids is 2. The number of aryl methyl sites for hydroxylation is 1. The molecule has 2 saturated heterocycles. The maximum Gasteiger partial charge on any atom is 0.490 e. The van der Waals surface area contributed by atoms with Crippen LogP contribution in [0.15, 0.2) is 18.3 Å². The third-order valence-electron chi connectivity index (χ3n) is 5.53. The molecule has 2 atom stereocenters. The van der Waals surface area contributed by atoms with E-state index in [2.05, 4.69) is 39.7 Å². The van der Waals surface area contributed by atoms with Crippen LogP contribution in [0.1, 0.15) is 12.0 Å². The van der Waals surface area contributed by atoms with Crippen LogP contribution in [0.25, 0.3) is 0 Å². The Morgan fingerprint density at radius 1 is 1.00 bits per heavy atom. The first-order valence-corrected chi connectivity index (χ1v) is 10.9. The van der Waals surface area contributed by atoms with Crippen LogP contribution >= 0.6 is 0 Å². The number of alkyl halides is 6. The number of likely N-dealkylation sites (tertiary alicyclic amines) is 1. The highest BCUT2D eigenvalue weighted by Gasteiger charge is 2.39. The highest BCUT2D eigenvalue weighted by Crippen LogP contribution is 2.21. The van der Waals surface area contributed by atoms with Gasteiger partial charge in [-0.1, -0.05) is 6.07 Å². The number of anilines is 1. The van der Waals surface area contributed by atoms with Gasteiger partial charge in [0.2, 0.25) is 0 Å². The summed E-state index contributed by atoms with van der Waals surface area (Å²) in [6, 6.07) is 4.12. The van der Waals surface area contributed by atoms with Crippen molar-refractivity contribution in [2.24, 2.45) is 5.92 Å². The highest BCUT2D eigenvalue weighted by molar-refractivity contribution is 5.73. The SMILES string of the molecule is Cc1cccnc1N1CCN(C[C@@H]2CN(C)CC[C@H]2O)CC1.O=C(O)C(F)(F)F.O=C(O)C(F)(F)F. The highest BCUT2D eigenvalue weighted by atomic mass is 19.4. The summed E-state index contributed by atoms with van der Waals surface area (Å²) in [6.45, 7) is 9.34. The summed E-state index contributed by atoms with van der Waals surface area (Å²) in [5, 5.41) is 24.5. The second-order valence-electron chi connectivity index (χ2n) is 8.42. The zero-order valence-electron chi connectivity index (χ0n) is 19.8. The first-order valence-electron chi connectivity index (χ1n) is 10.9. The molecule has 0 unspecified atom stereocenters. The maximum atomic E-state index is 10.6. The molecule has 15 heteroatoms. The molecule has 36 heavy (non-hydrogen) atoms. The maximum absolute atomic E-state index is 10.6. The molecular weight excluding hydrogens is 502 g/mol. The average molecular weight is 532 g/mol. The Balaban J connectivity index is 0.000000383. The quantitative estimate of drug-likeness (QED) is 0.503. The number of nitrogens with zero attached hydrogens (tertiary/aromatic N) is 4. The van der Waals surface area contributed by atoms with Gasteiger partial charge in [0.15, 0.2) is 0 Å². The molecule has 0 amide bonds. The smallest absolute Gasteiger partial charge is 0.475 e. The zero-order chi connectivity index (χ0) is 27.7. The van der Waals surface area contributed by atoms with E-state index in [1.807, 2.05) is 12.3 Å². The number of hydrogen-bond donors (Lipinski definition) is 3. The standard InChI is InChI=1S/C17H28N4O.2C2HF3O2/c1-14-4-3-6-18-17(14)21-10-8-20(9-11-21)13-15-12-19(2)7-5-16(15)22;2*3-2(4,5)1(6)7/h3-4,6,15-16,22H,5,7-13H2,1-2H3;2*(H,6,7)/t15-,16+;;/m0../s1. The van der Waals surface area contributed by atoms with E-state index in [0.29, 0.717) is 5.92 Å². The molecule has 3 heterocycles. The van der Waals surface area contributed by atoms with Crippen molar-refractivity contribution in [3.8, 4) is 0 Å². The fraction of sp³-hybridized carbons (Fsp3) is 0.667. The van der Waals surface area contributed by atoms with Crippen LogP contribution in [0.2, 0.25) is 0 Å². The number of aliphatic hydroxyl groups excluding tert-OH is 1. The number of carboxylic acid groups (broad SMARTS) is 2. The molecule has 2 fully saturated rings. The number of piperazine rings is 1. The monoisotopic (exact) mass is 532 g/mol. The average Bonchev–Trinajstić information content (AvgIpc) is 2.77. The summed E-state index contributed by atoms with van der Waals surface area (Å²) in [6.07, 6.45) is -7.51. The fourth-order valence-corrected chi connectivity index (χ4v) is 3.66. The zero-order valence-corrected chi connectivity index (χ0v) is 19.8. The van der Waals surface area contributed by atoms with Crippen LogP contribution in [0.3, 0.4) is 0 Å². The predicted molar refractivity (Wildman–Crippen MR) is 117 cm³/mol. The number of hydrogen-bond acceptors (Lipinski definition) is 7. The van der Waals surface area contributed by atoms with Crippen molar-refractivity contribution >= 4 is 17.8 Å². The Kier molecular flexibility index (Phi) is 11.9. The lowest BCUT2D eigenvalue weighted by molar-refractivity contribution is -0.193. The molecule has 206 valence electrons. The van der Waals surface area contributed by atoms with Crippen molar-refractivity contribution in [2.75, 3.05) is 57.8 Å². The van der Waals surface area contributed by atoms with Gasteiger partial charge >= 0.3 is 24.3 Å². The molecule has 0 aromatic carbocycles. The number of piperidine rings is 1. The Labute approximate surface area is 203 Å². The molecule has 3 rings (SSSR count). The number of halogens is 6. The fourth-order valence-electron chi connectivity index (χ4n) is 3.66. The second kappa shape index (κ2) is 13.6. The van der Waals surface area contributed by atoms with Crippen molar-refractivity contribution < 1.29 is 51.3 Å². The van der Waals surface area contributed by atoms with E-state index in [1.54, 1.807) is 0 Å². The van der Waals surface area contributed by atoms with Crippen molar-refractivity contribution in [3.05, 3.63) is 23.9 Å². The van der Waals surface area contributed by atoms with Crippen LogP contribution in [0.4, 0.5) is 32.2 Å². The first-order chi connectivity index (χ1) is 16.5. The van der Waals surface area contributed by atoms with E-state index in [-0.39, 0.29) is 6.10 Å². The van der Waals surface area contributed by atoms with Crippen LogP contribution < -0.4 is 4.90 Å². The summed E-state index contributed by atoms with van der Waals surface area (Å²) in [4.78, 5) is 29.5. The lowest BCUT2D eigenvalue weighted by Crippen LogP contribution is -2.52. The van der Waals surface area contributed by atoms with Gasteiger partial charge in [-0.3, -0.25) is 4.90 Å². The van der Waals surface area contributed by atoms with Crippen LogP contribution in [0.5, 0.6) is 0 Å². The number of rotatable bonds is 3. The molecule has 0 saturated carbocycles. The molecule has 1 aromatic heterocycles. The van der Waals surface area contributed by atoms with Crippen LogP contribution in [0, 0.1) is 12.8 Å². The van der Waals surface area contributed by atoms with Gasteiger partial charge in [-0.25, -0.2) is 14.6 Å². The third-order valence-corrected chi connectivity index (χ3v) is 5.53. The van der Waals surface area contributed by atoms with Gasteiger partial charge in [0, 0.05) is 57.9 Å². The minimum atomic E-state index is -5.08. The number of carboxylic acids is 2. The van der Waals surface area contributed by atoms with E-state index in [4.69, 9.17) is 19.8 Å². The lowest BCUT2D eigenvalue weighted by Gasteiger charge is -2.40. The molecule has 9 nitrogen and oxygen atoms in total. The third kappa shape index (κ3) is 11.0. The summed E-state index contributed by atoms with van der Waals surface area (Å²) in [5.41, 5.74) is 1.25. The molecule has 2 aliphatic rings. The topological polar surface area (TPSA) is 117 Å². The number of pyridine rings is 1. The molecule has 0 bridgehead atoms. The van der Waals surface area contributed by atoms with Gasteiger partial charge < -0.3 is 25.1 Å². The molecule has 2 aliphatic heterocycles. The lowest BCUT2D eigenvalue weighted by atomic mass is 9.94.